The van der Waals surface area contributed by atoms with E-state index in [-0.39, 0.29) is 41.3 Å². The van der Waals surface area contributed by atoms with E-state index in [9.17, 15) is 9.90 Å². The Morgan fingerprint density at radius 3 is 2.67 bits per heavy atom. The van der Waals surface area contributed by atoms with Gasteiger partial charge in [0.05, 0.1) is 0 Å². The zero-order valence-corrected chi connectivity index (χ0v) is 10.8. The number of hydrogen-bond donors (Lipinski definition) is 1. The third-order valence-corrected chi connectivity index (χ3v) is 3.35. The van der Waals surface area contributed by atoms with E-state index in [0.29, 0.717) is 5.56 Å². The zero-order chi connectivity index (χ0) is 14.4. The molecule has 5 heteroatoms. The van der Waals surface area contributed by atoms with Gasteiger partial charge in [0.15, 0.2) is 17.3 Å². The van der Waals surface area contributed by atoms with Crippen LogP contribution in [0.3, 0.4) is 0 Å². The van der Waals surface area contributed by atoms with Crippen LogP contribution in [0, 0.1) is 0 Å². The molecule has 104 valence electrons. The number of allylic oxidation sites excluding steroid dienone is 1. The predicted octanol–water partition coefficient (Wildman–Crippen LogP) is 2.74. The molecule has 2 heterocycles. The van der Waals surface area contributed by atoms with E-state index in [1.54, 1.807) is 6.08 Å². The highest BCUT2D eigenvalue weighted by molar-refractivity contribution is 6.17. The molecule has 0 amide bonds. The maximum atomic E-state index is 12.5. The highest BCUT2D eigenvalue weighted by atomic mass is 16.7. The van der Waals surface area contributed by atoms with Crippen LogP contribution in [0.2, 0.25) is 0 Å². The molecule has 0 aromatic heterocycles. The number of Topliss-reactive ketones (excluding diaryl/α,β-unsaturated/α-hetero) is 1. The number of hydrogen-bond acceptors (Lipinski definition) is 5. The summed E-state index contributed by atoms with van der Waals surface area (Å²) in [4.78, 5) is 12.5. The minimum Gasteiger partial charge on any atom is -0.504 e. The summed E-state index contributed by atoms with van der Waals surface area (Å²) in [5, 5.41) is 9.84. The van der Waals surface area contributed by atoms with Gasteiger partial charge in [-0.05, 0) is 11.6 Å². The summed E-state index contributed by atoms with van der Waals surface area (Å²) in [5.41, 5.74) is 1.15. The Labute approximate surface area is 120 Å². The summed E-state index contributed by atoms with van der Waals surface area (Å²) >= 11 is 0. The normalized spacial score (nSPS) is 17.0. The Balaban J connectivity index is 1.81. The van der Waals surface area contributed by atoms with E-state index in [1.807, 2.05) is 30.3 Å². The molecule has 2 aliphatic rings. The van der Waals surface area contributed by atoms with Crippen molar-refractivity contribution in [3.05, 3.63) is 53.3 Å². The lowest BCUT2D eigenvalue weighted by Gasteiger charge is -2.02. The topological polar surface area (TPSA) is 65.0 Å². The van der Waals surface area contributed by atoms with Crippen molar-refractivity contribution < 1.29 is 24.1 Å². The molecule has 2 aliphatic heterocycles. The fraction of sp³-hybridized carbons (Fsp3) is 0.0625. The first-order valence-corrected chi connectivity index (χ1v) is 6.39. The van der Waals surface area contributed by atoms with Crippen LogP contribution in [0.4, 0.5) is 0 Å². The van der Waals surface area contributed by atoms with Gasteiger partial charge in [-0.1, -0.05) is 30.3 Å². The van der Waals surface area contributed by atoms with Crippen LogP contribution in [0.1, 0.15) is 15.9 Å². The smallest absolute Gasteiger partial charge is 0.235 e. The van der Waals surface area contributed by atoms with Crippen molar-refractivity contribution in [2.24, 2.45) is 0 Å². The molecule has 21 heavy (non-hydrogen) atoms. The lowest BCUT2D eigenvalue weighted by molar-refractivity contribution is 0.101. The van der Waals surface area contributed by atoms with E-state index >= 15 is 0 Å². The maximum Gasteiger partial charge on any atom is 0.235 e. The van der Waals surface area contributed by atoms with Crippen LogP contribution in [0.15, 0.2) is 42.2 Å². The Morgan fingerprint density at radius 2 is 1.86 bits per heavy atom. The summed E-state index contributed by atoms with van der Waals surface area (Å²) in [7, 11) is 0. The van der Waals surface area contributed by atoms with Gasteiger partial charge in [-0.3, -0.25) is 4.79 Å². The molecule has 0 fully saturated rings. The Bertz CT molecular complexity index is 777. The summed E-state index contributed by atoms with van der Waals surface area (Å²) < 4.78 is 16.0. The van der Waals surface area contributed by atoms with Crippen LogP contribution >= 0.6 is 0 Å². The van der Waals surface area contributed by atoms with Crippen LogP contribution < -0.4 is 14.2 Å². The highest BCUT2D eigenvalue weighted by Gasteiger charge is 2.37. The molecule has 0 radical (unpaired) electrons. The first-order valence-electron chi connectivity index (χ1n) is 6.39. The second-order valence-corrected chi connectivity index (χ2v) is 4.68. The molecule has 0 atom stereocenters. The van der Waals surface area contributed by atoms with Crippen molar-refractivity contribution in [2.45, 2.75) is 0 Å². The van der Waals surface area contributed by atoms with E-state index in [2.05, 4.69) is 0 Å². The Morgan fingerprint density at radius 1 is 1.10 bits per heavy atom. The first-order chi connectivity index (χ1) is 10.2. The van der Waals surface area contributed by atoms with Gasteiger partial charge in [0.1, 0.15) is 11.3 Å². The number of rotatable bonds is 1. The zero-order valence-electron chi connectivity index (χ0n) is 10.8. The number of phenols is 1. The highest BCUT2D eigenvalue weighted by Crippen LogP contribution is 2.50. The fourth-order valence-corrected chi connectivity index (χ4v) is 2.41. The van der Waals surface area contributed by atoms with Crippen molar-refractivity contribution in [3.63, 3.8) is 0 Å². The lowest BCUT2D eigenvalue weighted by atomic mass is 10.1. The van der Waals surface area contributed by atoms with Gasteiger partial charge in [0.25, 0.3) is 0 Å². The van der Waals surface area contributed by atoms with Gasteiger partial charge in [0, 0.05) is 6.07 Å². The number of benzene rings is 2. The molecule has 4 rings (SSSR count). The van der Waals surface area contributed by atoms with Crippen LogP contribution in [-0.4, -0.2) is 17.7 Å². The monoisotopic (exact) mass is 282 g/mol. The number of aromatic hydroxyl groups is 1. The number of carbonyl (C=O) groups excluding carboxylic acids is 1. The van der Waals surface area contributed by atoms with Gasteiger partial charge in [-0.25, -0.2) is 0 Å². The quantitative estimate of drug-likeness (QED) is 0.815. The molecule has 0 saturated heterocycles. The van der Waals surface area contributed by atoms with Crippen LogP contribution in [-0.2, 0) is 0 Å². The van der Waals surface area contributed by atoms with Crippen molar-refractivity contribution in [2.75, 3.05) is 6.79 Å². The number of phenolic OH excluding ortho intramolecular Hbond substituents is 1. The molecular formula is C16H10O5. The average molecular weight is 282 g/mol. The minimum atomic E-state index is -0.282. The third-order valence-electron chi connectivity index (χ3n) is 3.35. The molecule has 2 aromatic rings. The second-order valence-electron chi connectivity index (χ2n) is 4.68. The molecule has 0 unspecified atom stereocenters. The summed E-state index contributed by atoms with van der Waals surface area (Å²) in [6, 6.07) is 10.7. The molecule has 0 bridgehead atoms. The van der Waals surface area contributed by atoms with Crippen LogP contribution in [0.25, 0.3) is 6.08 Å². The largest absolute Gasteiger partial charge is 0.504 e. The molecule has 0 spiro atoms. The summed E-state index contributed by atoms with van der Waals surface area (Å²) in [5.74, 6) is 0.521. The van der Waals surface area contributed by atoms with E-state index < -0.39 is 0 Å². The summed E-state index contributed by atoms with van der Waals surface area (Å²) in [6.07, 6.45) is 1.65. The molecule has 2 aromatic carbocycles. The Kier molecular flexibility index (Phi) is 2.41. The van der Waals surface area contributed by atoms with Gasteiger partial charge < -0.3 is 19.3 Å². The van der Waals surface area contributed by atoms with Gasteiger partial charge in [-0.15, -0.1) is 0 Å². The number of fused-ring (bicyclic) bond motifs is 3. The minimum absolute atomic E-state index is 0.0235. The van der Waals surface area contributed by atoms with Crippen LogP contribution in [0.5, 0.6) is 23.0 Å². The van der Waals surface area contributed by atoms with E-state index in [1.165, 1.54) is 6.07 Å². The molecule has 5 nitrogen and oxygen atoms in total. The second kappa shape index (κ2) is 4.28. The number of carbonyl (C=O) groups is 1. The third kappa shape index (κ3) is 1.74. The molecule has 0 aliphatic carbocycles. The lowest BCUT2D eigenvalue weighted by Crippen LogP contribution is -2.00. The van der Waals surface area contributed by atoms with E-state index in [0.717, 1.165) is 5.56 Å². The van der Waals surface area contributed by atoms with Gasteiger partial charge >= 0.3 is 0 Å². The molecule has 1 N–H and O–H groups in total. The predicted molar refractivity (Wildman–Crippen MR) is 73.6 cm³/mol. The van der Waals surface area contributed by atoms with Crippen molar-refractivity contribution >= 4 is 11.9 Å². The van der Waals surface area contributed by atoms with Crippen molar-refractivity contribution in [3.8, 4) is 23.0 Å². The molecule has 0 saturated carbocycles. The maximum absolute atomic E-state index is 12.5. The average Bonchev–Trinajstić information content (AvgIpc) is 3.07. The van der Waals surface area contributed by atoms with E-state index in [4.69, 9.17) is 14.2 Å². The van der Waals surface area contributed by atoms with Gasteiger partial charge in [0.2, 0.25) is 18.3 Å². The number of ether oxygens (including phenoxy) is 3. The number of ketones is 1. The summed E-state index contributed by atoms with van der Waals surface area (Å²) in [6.45, 7) is -0.0235. The first kappa shape index (κ1) is 11.8. The SMILES string of the molecule is O=C1/C(=C/c2ccccc2)Oc2cc(O)c3c(c21)OCO3. The molecular weight excluding hydrogens is 272 g/mol. The van der Waals surface area contributed by atoms with Crippen molar-refractivity contribution in [1.29, 1.82) is 0 Å². The Hall–Kier alpha value is -2.95. The standard InChI is InChI=1S/C16H10O5/c17-10-7-11-13(16-15(10)19-8-20-16)14(18)12(21-11)6-9-4-2-1-3-5-9/h1-7,17H,8H2/b12-6-. The van der Waals surface area contributed by atoms with Gasteiger partial charge in [-0.2, -0.15) is 0 Å². The van der Waals surface area contributed by atoms with Crippen molar-refractivity contribution in [1.82, 2.24) is 0 Å². The fourth-order valence-electron chi connectivity index (χ4n) is 2.41.